The Hall–Kier alpha value is -3.50. The Balaban J connectivity index is 1.68. The number of aromatic nitrogens is 3. The lowest BCUT2D eigenvalue weighted by molar-refractivity contribution is 0.0985. The molecule has 0 fully saturated rings. The molecule has 7 heteroatoms. The number of fused-ring (bicyclic) bond motifs is 1. The summed E-state index contributed by atoms with van der Waals surface area (Å²) in [5.41, 5.74) is 3.92. The van der Waals surface area contributed by atoms with Gasteiger partial charge in [0.05, 0.1) is 34.1 Å². The summed E-state index contributed by atoms with van der Waals surface area (Å²) in [6.45, 7) is 4.97. The molecule has 29 heavy (non-hydrogen) atoms. The molecule has 0 unspecified atom stereocenters. The van der Waals surface area contributed by atoms with Crippen molar-refractivity contribution >= 4 is 32.6 Å². The van der Waals surface area contributed by atoms with E-state index in [1.54, 1.807) is 29.2 Å². The molecule has 1 amide bonds. The third-order valence-corrected chi connectivity index (χ3v) is 5.72. The SMILES string of the molecule is Cc1cc(C)n(CCN(C(=O)c2ccc(C#N)cc2)c2nc3ccccc3s2)n1. The number of amides is 1. The Kier molecular flexibility index (Phi) is 5.10. The minimum absolute atomic E-state index is 0.143. The molecule has 0 aliphatic carbocycles. The van der Waals surface area contributed by atoms with Crippen molar-refractivity contribution in [2.24, 2.45) is 0 Å². The molecule has 0 saturated heterocycles. The predicted molar refractivity (Wildman–Crippen MR) is 114 cm³/mol. The molecule has 0 aliphatic heterocycles. The Morgan fingerprint density at radius 2 is 1.93 bits per heavy atom. The summed E-state index contributed by atoms with van der Waals surface area (Å²) in [5, 5.41) is 14.2. The second-order valence-corrected chi connectivity index (χ2v) is 7.77. The van der Waals surface area contributed by atoms with Crippen LogP contribution in [0.15, 0.2) is 54.6 Å². The number of hydrogen-bond donors (Lipinski definition) is 0. The summed E-state index contributed by atoms with van der Waals surface area (Å²) in [5.74, 6) is -0.143. The van der Waals surface area contributed by atoms with Gasteiger partial charge in [0.25, 0.3) is 5.91 Å². The monoisotopic (exact) mass is 401 g/mol. The van der Waals surface area contributed by atoms with Crippen LogP contribution in [0.4, 0.5) is 5.13 Å². The Bertz CT molecular complexity index is 1180. The van der Waals surface area contributed by atoms with Gasteiger partial charge in [-0.1, -0.05) is 23.5 Å². The summed E-state index contributed by atoms with van der Waals surface area (Å²) < 4.78 is 2.94. The van der Waals surface area contributed by atoms with Crippen LogP contribution in [-0.2, 0) is 6.54 Å². The summed E-state index contributed by atoms with van der Waals surface area (Å²) in [7, 11) is 0. The lowest BCUT2D eigenvalue weighted by Crippen LogP contribution is -2.34. The maximum Gasteiger partial charge on any atom is 0.260 e. The quantitative estimate of drug-likeness (QED) is 0.499. The molecule has 0 bridgehead atoms. The second-order valence-electron chi connectivity index (χ2n) is 6.76. The van der Waals surface area contributed by atoms with E-state index in [0.717, 1.165) is 21.6 Å². The third-order valence-electron chi connectivity index (χ3n) is 4.66. The highest BCUT2D eigenvalue weighted by atomic mass is 32.1. The zero-order valence-corrected chi connectivity index (χ0v) is 17.0. The van der Waals surface area contributed by atoms with Gasteiger partial charge in [0.2, 0.25) is 0 Å². The predicted octanol–water partition coefficient (Wildman–Crippen LogP) is 4.33. The van der Waals surface area contributed by atoms with Crippen molar-refractivity contribution in [3.05, 3.63) is 77.1 Å². The molecule has 2 aromatic heterocycles. The molecular weight excluding hydrogens is 382 g/mol. The number of nitrogens with zero attached hydrogens (tertiary/aromatic N) is 5. The maximum atomic E-state index is 13.3. The fourth-order valence-electron chi connectivity index (χ4n) is 3.20. The van der Waals surface area contributed by atoms with Crippen LogP contribution in [-0.4, -0.2) is 27.2 Å². The largest absolute Gasteiger partial charge is 0.282 e. The molecule has 0 spiro atoms. The van der Waals surface area contributed by atoms with Crippen molar-refractivity contribution in [2.45, 2.75) is 20.4 Å². The molecule has 0 N–H and O–H groups in total. The van der Waals surface area contributed by atoms with Crippen LogP contribution in [0.25, 0.3) is 10.2 Å². The zero-order chi connectivity index (χ0) is 20.4. The number of anilines is 1. The van der Waals surface area contributed by atoms with Crippen LogP contribution in [0.2, 0.25) is 0 Å². The highest BCUT2D eigenvalue weighted by Crippen LogP contribution is 2.29. The molecule has 0 saturated carbocycles. The van der Waals surface area contributed by atoms with E-state index in [1.165, 1.54) is 11.3 Å². The Labute approximate surface area is 172 Å². The topological polar surface area (TPSA) is 74.8 Å². The molecule has 6 nitrogen and oxygen atoms in total. The minimum atomic E-state index is -0.143. The fraction of sp³-hybridized carbons (Fsp3) is 0.182. The number of carbonyl (C=O) groups excluding carboxylic acids is 1. The Morgan fingerprint density at radius 1 is 1.17 bits per heavy atom. The van der Waals surface area contributed by atoms with E-state index >= 15 is 0 Å². The number of para-hydroxylation sites is 1. The van der Waals surface area contributed by atoms with Crippen molar-refractivity contribution in [1.29, 1.82) is 5.26 Å². The zero-order valence-electron chi connectivity index (χ0n) is 16.2. The lowest BCUT2D eigenvalue weighted by Gasteiger charge is -2.20. The van der Waals surface area contributed by atoms with Crippen LogP contribution in [0.5, 0.6) is 0 Å². The molecule has 0 radical (unpaired) electrons. The number of carbonyl (C=O) groups is 1. The van der Waals surface area contributed by atoms with E-state index in [1.807, 2.05) is 48.9 Å². The first-order valence-electron chi connectivity index (χ1n) is 9.24. The van der Waals surface area contributed by atoms with Crippen LogP contribution < -0.4 is 4.90 Å². The highest BCUT2D eigenvalue weighted by molar-refractivity contribution is 7.22. The van der Waals surface area contributed by atoms with Crippen LogP contribution in [0, 0.1) is 25.2 Å². The van der Waals surface area contributed by atoms with Gasteiger partial charge < -0.3 is 0 Å². The van der Waals surface area contributed by atoms with E-state index in [0.29, 0.717) is 29.3 Å². The number of thiazole rings is 1. The molecule has 4 aromatic rings. The molecule has 4 rings (SSSR count). The van der Waals surface area contributed by atoms with Crippen LogP contribution in [0.1, 0.15) is 27.3 Å². The average Bonchev–Trinajstić information content (AvgIpc) is 3.30. The maximum absolute atomic E-state index is 13.3. The van der Waals surface area contributed by atoms with Crippen molar-refractivity contribution in [3.63, 3.8) is 0 Å². The van der Waals surface area contributed by atoms with Gasteiger partial charge in [-0.05, 0) is 56.3 Å². The van der Waals surface area contributed by atoms with Crippen LogP contribution in [0.3, 0.4) is 0 Å². The van der Waals surface area contributed by atoms with Gasteiger partial charge in [-0.3, -0.25) is 14.4 Å². The highest BCUT2D eigenvalue weighted by Gasteiger charge is 2.21. The Morgan fingerprint density at radius 3 is 2.59 bits per heavy atom. The lowest BCUT2D eigenvalue weighted by atomic mass is 10.1. The first-order chi connectivity index (χ1) is 14.0. The molecular formula is C22H19N5OS. The standard InChI is InChI=1S/C22H19N5OS/c1-15-13-16(2)27(25-15)12-11-26(21(28)18-9-7-17(14-23)8-10-18)22-24-19-5-3-4-6-20(19)29-22/h3-10,13H,11-12H2,1-2H3. The summed E-state index contributed by atoms with van der Waals surface area (Å²) in [6.07, 6.45) is 0. The normalized spacial score (nSPS) is 10.8. The second kappa shape index (κ2) is 7.86. The van der Waals surface area contributed by atoms with Crippen molar-refractivity contribution in [3.8, 4) is 6.07 Å². The van der Waals surface area contributed by atoms with Crippen LogP contribution >= 0.6 is 11.3 Å². The number of benzene rings is 2. The first kappa shape index (κ1) is 18.8. The summed E-state index contributed by atoms with van der Waals surface area (Å²) in [4.78, 5) is 19.7. The van der Waals surface area contributed by atoms with E-state index in [4.69, 9.17) is 5.26 Å². The number of aryl methyl sites for hydroxylation is 2. The minimum Gasteiger partial charge on any atom is -0.282 e. The number of nitriles is 1. The van der Waals surface area contributed by atoms with Gasteiger partial charge in [-0.15, -0.1) is 0 Å². The average molecular weight is 401 g/mol. The van der Waals surface area contributed by atoms with Gasteiger partial charge in [0, 0.05) is 17.8 Å². The van der Waals surface area contributed by atoms with Crippen molar-refractivity contribution < 1.29 is 4.79 Å². The number of rotatable bonds is 5. The first-order valence-corrected chi connectivity index (χ1v) is 10.1. The van der Waals surface area contributed by atoms with Crippen molar-refractivity contribution in [2.75, 3.05) is 11.4 Å². The van der Waals surface area contributed by atoms with Gasteiger partial charge in [0.15, 0.2) is 5.13 Å². The van der Waals surface area contributed by atoms with E-state index < -0.39 is 0 Å². The smallest absolute Gasteiger partial charge is 0.260 e. The van der Waals surface area contributed by atoms with Gasteiger partial charge in [0.1, 0.15) is 0 Å². The third kappa shape index (κ3) is 3.89. The van der Waals surface area contributed by atoms with Gasteiger partial charge >= 0.3 is 0 Å². The molecule has 144 valence electrons. The van der Waals surface area contributed by atoms with E-state index in [2.05, 4.69) is 16.2 Å². The molecule has 0 aliphatic rings. The molecule has 0 atom stereocenters. The van der Waals surface area contributed by atoms with E-state index in [-0.39, 0.29) is 5.91 Å². The van der Waals surface area contributed by atoms with Gasteiger partial charge in [-0.2, -0.15) is 10.4 Å². The molecule has 2 aromatic carbocycles. The fourth-order valence-corrected chi connectivity index (χ4v) is 4.19. The summed E-state index contributed by atoms with van der Waals surface area (Å²) in [6, 6.07) is 18.6. The summed E-state index contributed by atoms with van der Waals surface area (Å²) >= 11 is 1.49. The number of hydrogen-bond acceptors (Lipinski definition) is 5. The van der Waals surface area contributed by atoms with Gasteiger partial charge in [-0.25, -0.2) is 4.98 Å². The molecule has 2 heterocycles. The van der Waals surface area contributed by atoms with E-state index in [9.17, 15) is 4.79 Å². The van der Waals surface area contributed by atoms with Crippen molar-refractivity contribution in [1.82, 2.24) is 14.8 Å².